The first-order valence-corrected chi connectivity index (χ1v) is 9.45. The van der Waals surface area contributed by atoms with Crippen LogP contribution in [0.4, 0.5) is 11.4 Å². The van der Waals surface area contributed by atoms with Gasteiger partial charge >= 0.3 is 0 Å². The molecule has 0 unspecified atom stereocenters. The molecule has 9 nitrogen and oxygen atoms in total. The number of hydrogen-bond donors (Lipinski definition) is 2. The third-order valence-electron chi connectivity index (χ3n) is 5.30. The Morgan fingerprint density at radius 1 is 1.31 bits per heavy atom. The number of halogens is 1. The van der Waals surface area contributed by atoms with Crippen molar-refractivity contribution in [2.75, 3.05) is 12.4 Å². The van der Waals surface area contributed by atoms with Gasteiger partial charge in [-0.05, 0) is 31.0 Å². The molecule has 0 radical (unpaired) electrons. The highest BCUT2D eigenvalue weighted by Crippen LogP contribution is 2.48. The summed E-state index contributed by atoms with van der Waals surface area (Å²) in [5.74, 6) is -0.868. The first kappa shape index (κ1) is 16.4. The smallest absolute Gasteiger partial charge is 0.229 e. The fraction of sp³-hybridized carbons (Fsp3) is 0.318. The number of primary amides is 1. The first-order valence-electron chi connectivity index (χ1n) is 12.5. The summed E-state index contributed by atoms with van der Waals surface area (Å²) in [7, 11) is 1.40. The van der Waals surface area contributed by atoms with E-state index in [0.717, 1.165) is 11.0 Å². The van der Waals surface area contributed by atoms with Gasteiger partial charge in [0.2, 0.25) is 5.91 Å². The number of Topliss-reactive ketones (excluding diaryl/α,β-unsaturated/α-hetero) is 1. The number of pyridine rings is 1. The molecular formula is C22H25BrN6O3. The van der Waals surface area contributed by atoms with Crippen molar-refractivity contribution in [1.29, 1.82) is 0 Å². The lowest BCUT2D eigenvalue weighted by molar-refractivity contribution is -0.120. The standard InChI is InChI=1S/C22H24N6O3.BrH/c1-4-17(29)14-11-24-18(22(8-9-22)21(23)30)10-16(14)26-15-7-5-6-13(19(15)31-3)20-25-12-28(2)27-20;/h5-7,10-12H,4,8-9H2,1-3H3,(H2,23,30)(H,24,26);1H/i1D3,2D3;. The predicted molar refractivity (Wildman–Crippen MR) is 126 cm³/mol. The summed E-state index contributed by atoms with van der Waals surface area (Å²) in [6.07, 6.45) is 2.63. The lowest BCUT2D eigenvalue weighted by Crippen LogP contribution is -2.29. The quantitative estimate of drug-likeness (QED) is 0.448. The molecule has 32 heavy (non-hydrogen) atoms. The molecule has 3 aromatic rings. The van der Waals surface area contributed by atoms with E-state index >= 15 is 0 Å². The van der Waals surface area contributed by atoms with Crippen LogP contribution in [-0.4, -0.2) is 38.5 Å². The van der Waals surface area contributed by atoms with Crippen LogP contribution in [0.2, 0.25) is 0 Å². The molecule has 1 saturated carbocycles. The van der Waals surface area contributed by atoms with E-state index in [2.05, 4.69) is 20.4 Å². The Kier molecular flexibility index (Phi) is 4.64. The Labute approximate surface area is 204 Å². The minimum absolute atomic E-state index is 0. The normalized spacial score (nSPS) is 17.3. The van der Waals surface area contributed by atoms with Crippen molar-refractivity contribution in [3.05, 3.63) is 48.0 Å². The fourth-order valence-electron chi connectivity index (χ4n) is 3.45. The molecule has 0 spiro atoms. The van der Waals surface area contributed by atoms with E-state index in [1.54, 1.807) is 18.2 Å². The van der Waals surface area contributed by atoms with E-state index in [0.29, 0.717) is 29.8 Å². The SMILES string of the molecule is Br.[2H]C([2H])([2H])CC(=O)c1cnc(C2(C(N)=O)CC2)cc1Nc1cccc(-c2ncn(C([2H])([2H])[2H])n2)c1OC. The number of amides is 1. The number of ether oxygens (including phenoxy) is 1. The number of benzene rings is 1. The zero-order chi connectivity index (χ0) is 27.2. The van der Waals surface area contributed by atoms with Crippen molar-refractivity contribution in [3.63, 3.8) is 0 Å². The van der Waals surface area contributed by atoms with Crippen molar-refractivity contribution >= 4 is 40.0 Å². The number of rotatable bonds is 8. The van der Waals surface area contributed by atoms with Gasteiger partial charge < -0.3 is 15.8 Å². The van der Waals surface area contributed by atoms with Crippen molar-refractivity contribution in [2.24, 2.45) is 12.7 Å². The minimum Gasteiger partial charge on any atom is -0.494 e. The predicted octanol–water partition coefficient (Wildman–Crippen LogP) is 3.32. The van der Waals surface area contributed by atoms with Gasteiger partial charge in [-0.1, -0.05) is 12.9 Å². The zero-order valence-electron chi connectivity index (χ0n) is 23.1. The molecule has 0 aliphatic heterocycles. The lowest BCUT2D eigenvalue weighted by atomic mass is 9.98. The molecule has 10 heteroatoms. The highest BCUT2D eigenvalue weighted by molar-refractivity contribution is 8.93. The largest absolute Gasteiger partial charge is 0.494 e. The number of nitrogens with one attached hydrogen (secondary N) is 1. The second-order valence-corrected chi connectivity index (χ2v) is 7.19. The molecule has 1 amide bonds. The van der Waals surface area contributed by atoms with E-state index in [9.17, 15) is 9.59 Å². The van der Waals surface area contributed by atoms with E-state index in [-0.39, 0.29) is 39.8 Å². The maximum absolute atomic E-state index is 12.9. The second-order valence-electron chi connectivity index (χ2n) is 7.19. The molecule has 1 fully saturated rings. The molecule has 4 rings (SSSR count). The number of methoxy groups -OCH3 is 1. The maximum atomic E-state index is 12.9. The fourth-order valence-corrected chi connectivity index (χ4v) is 3.45. The van der Waals surface area contributed by atoms with Crippen LogP contribution in [0.1, 0.15) is 50.4 Å². The van der Waals surface area contributed by atoms with Crippen LogP contribution in [0.15, 0.2) is 36.8 Å². The number of nitrogens with zero attached hydrogens (tertiary/aromatic N) is 4. The number of nitrogens with two attached hydrogens (primary N) is 1. The Hall–Kier alpha value is -3.27. The number of anilines is 2. The molecule has 2 aromatic heterocycles. The molecule has 2 heterocycles. The Morgan fingerprint density at radius 2 is 2.12 bits per heavy atom. The number of aryl methyl sites for hydroxylation is 1. The van der Waals surface area contributed by atoms with Crippen LogP contribution >= 0.6 is 17.0 Å². The second kappa shape index (κ2) is 9.07. The number of para-hydroxylation sites is 1. The van der Waals surface area contributed by atoms with Gasteiger partial charge in [-0.25, -0.2) is 4.98 Å². The molecule has 0 atom stereocenters. The number of aromatic nitrogens is 4. The molecule has 3 N–H and O–H groups in total. The number of hydrogen-bond acceptors (Lipinski definition) is 7. The topological polar surface area (TPSA) is 125 Å². The molecule has 1 aromatic carbocycles. The lowest BCUT2D eigenvalue weighted by Gasteiger charge is -2.18. The van der Waals surface area contributed by atoms with Crippen LogP contribution < -0.4 is 15.8 Å². The highest BCUT2D eigenvalue weighted by Gasteiger charge is 2.51. The molecule has 0 saturated heterocycles. The van der Waals surface area contributed by atoms with Crippen molar-refractivity contribution < 1.29 is 22.6 Å². The summed E-state index contributed by atoms with van der Waals surface area (Å²) in [4.78, 5) is 33.3. The van der Waals surface area contributed by atoms with Gasteiger partial charge in [0.05, 0.1) is 40.7 Å². The highest BCUT2D eigenvalue weighted by atomic mass is 79.9. The Morgan fingerprint density at radius 3 is 2.75 bits per heavy atom. The molecule has 0 bridgehead atoms. The Bertz CT molecular complexity index is 1370. The van der Waals surface area contributed by atoms with Gasteiger partial charge in [0.25, 0.3) is 0 Å². The van der Waals surface area contributed by atoms with Crippen LogP contribution in [-0.2, 0) is 17.2 Å². The number of ketones is 1. The van der Waals surface area contributed by atoms with Gasteiger partial charge in [0.1, 0.15) is 6.33 Å². The van der Waals surface area contributed by atoms with Crippen LogP contribution in [0.25, 0.3) is 11.4 Å². The van der Waals surface area contributed by atoms with Crippen molar-refractivity contribution in [3.8, 4) is 17.1 Å². The van der Waals surface area contributed by atoms with E-state index in [4.69, 9.17) is 18.7 Å². The van der Waals surface area contributed by atoms with Gasteiger partial charge in [-0.2, -0.15) is 5.10 Å². The van der Waals surface area contributed by atoms with Crippen molar-refractivity contribution in [1.82, 2.24) is 19.7 Å². The van der Waals surface area contributed by atoms with Gasteiger partial charge in [-0.15, -0.1) is 17.0 Å². The zero-order valence-corrected chi connectivity index (χ0v) is 18.8. The van der Waals surface area contributed by atoms with E-state index < -0.39 is 37.4 Å². The van der Waals surface area contributed by atoms with Gasteiger partial charge in [0.15, 0.2) is 17.4 Å². The Balaban J connectivity index is 0.00000400. The average Bonchev–Trinajstić information content (AvgIpc) is 3.46. The average molecular weight is 507 g/mol. The minimum atomic E-state index is -2.51. The summed E-state index contributed by atoms with van der Waals surface area (Å²) in [6.45, 7) is -5.01. The molecule has 1 aliphatic carbocycles. The molecule has 168 valence electrons. The summed E-state index contributed by atoms with van der Waals surface area (Å²) < 4.78 is 51.3. The van der Waals surface area contributed by atoms with Crippen LogP contribution in [0.5, 0.6) is 5.75 Å². The number of carbonyl (C=O) groups is 2. The summed E-state index contributed by atoms with van der Waals surface area (Å²) in [5.41, 5.74) is 5.96. The maximum Gasteiger partial charge on any atom is 0.229 e. The molecular weight excluding hydrogens is 476 g/mol. The van der Waals surface area contributed by atoms with Gasteiger partial charge in [-0.3, -0.25) is 19.3 Å². The van der Waals surface area contributed by atoms with Gasteiger partial charge in [0, 0.05) is 27.8 Å². The van der Waals surface area contributed by atoms with Crippen LogP contribution in [0, 0.1) is 0 Å². The summed E-state index contributed by atoms with van der Waals surface area (Å²) in [6, 6.07) is 6.43. The monoisotopic (exact) mass is 506 g/mol. The van der Waals surface area contributed by atoms with Crippen LogP contribution in [0.3, 0.4) is 0 Å². The third-order valence-corrected chi connectivity index (χ3v) is 5.30. The number of carbonyl (C=O) groups excluding carboxylic acids is 2. The molecule has 1 aliphatic rings. The first-order chi connectivity index (χ1) is 17.2. The van der Waals surface area contributed by atoms with E-state index in [1.165, 1.54) is 19.4 Å². The summed E-state index contributed by atoms with van der Waals surface area (Å²) in [5, 5.41) is 7.12. The summed E-state index contributed by atoms with van der Waals surface area (Å²) >= 11 is 0. The third kappa shape index (κ3) is 4.10. The van der Waals surface area contributed by atoms with Crippen molar-refractivity contribution in [2.45, 2.75) is 31.5 Å². The van der Waals surface area contributed by atoms with E-state index in [1.807, 2.05) is 0 Å².